The van der Waals surface area contributed by atoms with Gasteiger partial charge in [-0.2, -0.15) is 0 Å². The lowest BCUT2D eigenvalue weighted by atomic mass is 10.1. The summed E-state index contributed by atoms with van der Waals surface area (Å²) >= 11 is 0. The van der Waals surface area contributed by atoms with E-state index in [1.165, 1.54) is 0 Å². The van der Waals surface area contributed by atoms with Crippen LogP contribution in [-0.2, 0) is 11.3 Å². The fourth-order valence-electron chi connectivity index (χ4n) is 3.42. The standard InChI is InChI=1S/C23H27N3O3/c1-15-11-17(3)21-18(12-15)13-19(22(27)25-21)14-26(9-10-29-4)23(28)24-20-8-6-5-7-16(20)2/h5-8,11-13H,9-10,14H2,1-4H3,(H,24,28)(H,25,27). The van der Waals surface area contributed by atoms with Gasteiger partial charge in [0.15, 0.2) is 0 Å². The summed E-state index contributed by atoms with van der Waals surface area (Å²) in [5.41, 5.74) is 5.06. The van der Waals surface area contributed by atoms with Gasteiger partial charge in [0.25, 0.3) is 5.56 Å². The number of nitrogens with zero attached hydrogens (tertiary/aromatic N) is 1. The Morgan fingerprint density at radius 2 is 1.86 bits per heavy atom. The van der Waals surface area contributed by atoms with E-state index < -0.39 is 0 Å². The minimum atomic E-state index is -0.267. The first-order valence-corrected chi connectivity index (χ1v) is 9.62. The number of aromatic amines is 1. The molecule has 0 fully saturated rings. The number of hydrogen-bond donors (Lipinski definition) is 2. The van der Waals surface area contributed by atoms with Crippen molar-refractivity contribution >= 4 is 22.6 Å². The lowest BCUT2D eigenvalue weighted by Gasteiger charge is -2.23. The molecule has 3 aromatic rings. The number of carbonyl (C=O) groups excluding carboxylic acids is 1. The summed E-state index contributed by atoms with van der Waals surface area (Å²) in [6.07, 6.45) is 0. The molecule has 0 saturated carbocycles. The van der Waals surface area contributed by atoms with Crippen molar-refractivity contribution in [2.75, 3.05) is 25.6 Å². The van der Waals surface area contributed by atoms with Crippen LogP contribution in [0.25, 0.3) is 10.9 Å². The monoisotopic (exact) mass is 393 g/mol. The lowest BCUT2D eigenvalue weighted by molar-refractivity contribution is 0.152. The van der Waals surface area contributed by atoms with E-state index in [1.807, 2.05) is 63.2 Å². The Balaban J connectivity index is 1.90. The highest BCUT2D eigenvalue weighted by Crippen LogP contribution is 2.19. The van der Waals surface area contributed by atoms with E-state index in [1.54, 1.807) is 12.0 Å². The van der Waals surface area contributed by atoms with E-state index in [-0.39, 0.29) is 18.1 Å². The average molecular weight is 393 g/mol. The van der Waals surface area contributed by atoms with Gasteiger partial charge >= 0.3 is 6.03 Å². The molecule has 0 atom stereocenters. The Kier molecular flexibility index (Phi) is 6.34. The maximum Gasteiger partial charge on any atom is 0.322 e. The normalized spacial score (nSPS) is 10.9. The second kappa shape index (κ2) is 8.92. The average Bonchev–Trinajstić information content (AvgIpc) is 2.67. The van der Waals surface area contributed by atoms with Crippen molar-refractivity contribution < 1.29 is 9.53 Å². The Hall–Kier alpha value is -3.12. The number of aromatic nitrogens is 1. The summed E-state index contributed by atoms with van der Waals surface area (Å²) in [5.74, 6) is 0. The van der Waals surface area contributed by atoms with Crippen LogP contribution in [0.5, 0.6) is 0 Å². The van der Waals surface area contributed by atoms with Gasteiger partial charge in [0, 0.05) is 24.9 Å². The van der Waals surface area contributed by atoms with Gasteiger partial charge < -0.3 is 19.9 Å². The number of hydrogen-bond acceptors (Lipinski definition) is 3. The number of rotatable bonds is 6. The zero-order valence-electron chi connectivity index (χ0n) is 17.3. The second-order valence-corrected chi connectivity index (χ2v) is 7.33. The van der Waals surface area contributed by atoms with Crippen molar-refractivity contribution in [2.45, 2.75) is 27.3 Å². The molecule has 2 amide bonds. The number of nitrogens with one attached hydrogen (secondary N) is 2. The van der Waals surface area contributed by atoms with Gasteiger partial charge in [-0.3, -0.25) is 4.79 Å². The maximum atomic E-state index is 12.9. The number of carbonyl (C=O) groups is 1. The molecule has 0 aliphatic heterocycles. The zero-order valence-corrected chi connectivity index (χ0v) is 17.3. The van der Waals surface area contributed by atoms with Crippen molar-refractivity contribution in [2.24, 2.45) is 0 Å². The predicted molar refractivity (Wildman–Crippen MR) is 117 cm³/mol. The van der Waals surface area contributed by atoms with Crippen molar-refractivity contribution in [1.82, 2.24) is 9.88 Å². The second-order valence-electron chi connectivity index (χ2n) is 7.33. The van der Waals surface area contributed by atoms with E-state index in [9.17, 15) is 9.59 Å². The fraction of sp³-hybridized carbons (Fsp3) is 0.304. The number of H-pyrrole nitrogens is 1. The highest BCUT2D eigenvalue weighted by molar-refractivity contribution is 5.90. The SMILES string of the molecule is COCCN(Cc1cc2cc(C)cc(C)c2[nH]c1=O)C(=O)Nc1ccccc1C. The summed E-state index contributed by atoms with van der Waals surface area (Å²) in [7, 11) is 1.59. The number of fused-ring (bicyclic) bond motifs is 1. The summed E-state index contributed by atoms with van der Waals surface area (Å²) in [6.45, 7) is 6.89. The number of anilines is 1. The van der Waals surface area contributed by atoms with Crippen molar-refractivity contribution in [3.05, 3.63) is 75.1 Å². The number of ether oxygens (including phenoxy) is 1. The van der Waals surface area contributed by atoms with Crippen LogP contribution >= 0.6 is 0 Å². The van der Waals surface area contributed by atoms with Gasteiger partial charge in [0.2, 0.25) is 0 Å². The molecule has 0 aliphatic rings. The highest BCUT2D eigenvalue weighted by Gasteiger charge is 2.17. The third-order valence-electron chi connectivity index (χ3n) is 4.97. The molecule has 6 nitrogen and oxygen atoms in total. The number of para-hydroxylation sites is 1. The van der Waals surface area contributed by atoms with Crippen LogP contribution in [0, 0.1) is 20.8 Å². The Morgan fingerprint density at radius 1 is 1.10 bits per heavy atom. The quantitative estimate of drug-likeness (QED) is 0.661. The lowest BCUT2D eigenvalue weighted by Crippen LogP contribution is -2.38. The van der Waals surface area contributed by atoms with Crippen LogP contribution in [-0.4, -0.2) is 36.2 Å². The molecule has 0 unspecified atom stereocenters. The van der Waals surface area contributed by atoms with Crippen molar-refractivity contribution in [3.63, 3.8) is 0 Å². The van der Waals surface area contributed by atoms with E-state index in [2.05, 4.69) is 10.3 Å². The molecule has 2 N–H and O–H groups in total. The first-order valence-electron chi connectivity index (χ1n) is 9.62. The largest absolute Gasteiger partial charge is 0.383 e. The number of benzene rings is 2. The smallest absolute Gasteiger partial charge is 0.322 e. The molecule has 1 aromatic heterocycles. The van der Waals surface area contributed by atoms with Gasteiger partial charge in [-0.15, -0.1) is 0 Å². The number of urea groups is 1. The number of aryl methyl sites for hydroxylation is 3. The molecule has 2 aromatic carbocycles. The molecule has 0 spiro atoms. The van der Waals surface area contributed by atoms with E-state index >= 15 is 0 Å². The minimum absolute atomic E-state index is 0.185. The summed E-state index contributed by atoms with van der Waals surface area (Å²) < 4.78 is 5.16. The van der Waals surface area contributed by atoms with Gasteiger partial charge in [-0.1, -0.05) is 29.8 Å². The highest BCUT2D eigenvalue weighted by atomic mass is 16.5. The molecular weight excluding hydrogens is 366 g/mol. The first-order chi connectivity index (χ1) is 13.9. The molecular formula is C23H27N3O3. The molecule has 0 bridgehead atoms. The number of methoxy groups -OCH3 is 1. The molecule has 0 saturated heterocycles. The predicted octanol–water partition coefficient (Wildman–Crippen LogP) is 4.13. The summed E-state index contributed by atoms with van der Waals surface area (Å²) in [5, 5.41) is 3.89. The molecule has 29 heavy (non-hydrogen) atoms. The van der Waals surface area contributed by atoms with Gasteiger partial charge in [-0.25, -0.2) is 4.79 Å². The summed E-state index contributed by atoms with van der Waals surface area (Å²) in [6, 6.07) is 13.3. The molecule has 1 heterocycles. The van der Waals surface area contributed by atoms with E-state index in [0.717, 1.165) is 33.3 Å². The third-order valence-corrected chi connectivity index (χ3v) is 4.97. The van der Waals surface area contributed by atoms with Crippen LogP contribution in [0.1, 0.15) is 22.3 Å². The number of amides is 2. The molecule has 3 rings (SSSR count). The minimum Gasteiger partial charge on any atom is -0.383 e. The zero-order chi connectivity index (χ0) is 21.0. The van der Waals surface area contributed by atoms with Crippen LogP contribution < -0.4 is 10.9 Å². The van der Waals surface area contributed by atoms with Crippen LogP contribution in [0.2, 0.25) is 0 Å². The van der Waals surface area contributed by atoms with Gasteiger partial charge in [0.05, 0.1) is 18.7 Å². The maximum absolute atomic E-state index is 12.9. The van der Waals surface area contributed by atoms with Crippen LogP contribution in [0.15, 0.2) is 47.3 Å². The fourth-order valence-corrected chi connectivity index (χ4v) is 3.42. The Labute approximate surface area is 170 Å². The van der Waals surface area contributed by atoms with Crippen molar-refractivity contribution in [3.8, 4) is 0 Å². The Morgan fingerprint density at radius 3 is 2.59 bits per heavy atom. The van der Waals surface area contributed by atoms with E-state index in [0.29, 0.717) is 18.7 Å². The van der Waals surface area contributed by atoms with Crippen LogP contribution in [0.4, 0.5) is 10.5 Å². The topological polar surface area (TPSA) is 74.4 Å². The van der Waals surface area contributed by atoms with Crippen LogP contribution in [0.3, 0.4) is 0 Å². The third kappa shape index (κ3) is 4.84. The molecule has 0 aliphatic carbocycles. The molecule has 6 heteroatoms. The van der Waals surface area contributed by atoms with Gasteiger partial charge in [-0.05, 0) is 55.5 Å². The number of pyridine rings is 1. The van der Waals surface area contributed by atoms with Gasteiger partial charge in [0.1, 0.15) is 0 Å². The van der Waals surface area contributed by atoms with Crippen molar-refractivity contribution in [1.29, 1.82) is 0 Å². The summed E-state index contributed by atoms with van der Waals surface area (Å²) in [4.78, 5) is 30.1. The first kappa shape index (κ1) is 20.6. The molecule has 0 radical (unpaired) electrons. The Bertz CT molecular complexity index is 1090. The van der Waals surface area contributed by atoms with E-state index in [4.69, 9.17) is 4.74 Å². The molecule has 152 valence electrons.